The summed E-state index contributed by atoms with van der Waals surface area (Å²) in [5.41, 5.74) is 2.42. The predicted octanol–water partition coefficient (Wildman–Crippen LogP) is 2.21. The molecule has 0 saturated carbocycles. The lowest BCUT2D eigenvalue weighted by molar-refractivity contribution is 0.615. The molecule has 0 aliphatic carbocycles. The van der Waals surface area contributed by atoms with Crippen molar-refractivity contribution in [1.29, 1.82) is 0 Å². The van der Waals surface area contributed by atoms with Gasteiger partial charge < -0.3 is 9.44 Å². The number of hydrogen-bond donors (Lipinski definition) is 1. The standard InChI is InChI=1S/C12H8BClO2/c14-9-2-1-3-11-12(9)8-6-7(13-15)4-5-10(8)16-11/h1-6,13,15H. The maximum absolute atomic E-state index is 9.11. The van der Waals surface area contributed by atoms with Gasteiger partial charge in [0.25, 0.3) is 0 Å². The van der Waals surface area contributed by atoms with Gasteiger partial charge in [-0.05, 0) is 18.2 Å². The molecular formula is C12H8BClO2. The fraction of sp³-hybridized carbons (Fsp3) is 0. The van der Waals surface area contributed by atoms with Crippen molar-refractivity contribution < 1.29 is 9.44 Å². The Kier molecular flexibility index (Phi) is 2.16. The minimum atomic E-state index is 0.0209. The zero-order valence-electron chi connectivity index (χ0n) is 8.40. The molecular weight excluding hydrogens is 222 g/mol. The molecule has 2 aromatic carbocycles. The molecule has 16 heavy (non-hydrogen) atoms. The van der Waals surface area contributed by atoms with Crippen LogP contribution in [0.15, 0.2) is 40.8 Å². The summed E-state index contributed by atoms with van der Waals surface area (Å²) in [6.45, 7) is 0. The van der Waals surface area contributed by atoms with Crippen LogP contribution in [0.25, 0.3) is 21.9 Å². The van der Waals surface area contributed by atoms with Crippen molar-refractivity contribution in [2.24, 2.45) is 0 Å². The van der Waals surface area contributed by atoms with E-state index in [-0.39, 0.29) is 7.48 Å². The van der Waals surface area contributed by atoms with Crippen LogP contribution in [0.2, 0.25) is 5.02 Å². The van der Waals surface area contributed by atoms with Gasteiger partial charge in [-0.25, -0.2) is 0 Å². The molecule has 78 valence electrons. The molecule has 4 heteroatoms. The lowest BCUT2D eigenvalue weighted by Crippen LogP contribution is -2.11. The fourth-order valence-corrected chi connectivity index (χ4v) is 2.20. The van der Waals surface area contributed by atoms with Gasteiger partial charge in [-0.15, -0.1) is 0 Å². The molecule has 0 aliphatic heterocycles. The number of hydrogen-bond acceptors (Lipinski definition) is 2. The van der Waals surface area contributed by atoms with Crippen LogP contribution in [-0.4, -0.2) is 12.5 Å². The van der Waals surface area contributed by atoms with Crippen molar-refractivity contribution in [3.63, 3.8) is 0 Å². The summed E-state index contributed by atoms with van der Waals surface area (Å²) in [5.74, 6) is 0. The summed E-state index contributed by atoms with van der Waals surface area (Å²) in [6, 6.07) is 11.2. The van der Waals surface area contributed by atoms with Crippen LogP contribution in [0, 0.1) is 0 Å². The highest BCUT2D eigenvalue weighted by atomic mass is 35.5. The molecule has 0 atom stereocenters. The van der Waals surface area contributed by atoms with Crippen LogP contribution in [0.4, 0.5) is 0 Å². The lowest BCUT2D eigenvalue weighted by atomic mass is 9.88. The Bertz CT molecular complexity index is 675. The minimum Gasteiger partial charge on any atom is -0.456 e. The van der Waals surface area contributed by atoms with Crippen LogP contribution in [-0.2, 0) is 0 Å². The van der Waals surface area contributed by atoms with Gasteiger partial charge >= 0.3 is 7.48 Å². The molecule has 0 radical (unpaired) electrons. The normalized spacial score (nSPS) is 11.1. The van der Waals surface area contributed by atoms with Gasteiger partial charge in [-0.2, -0.15) is 0 Å². The quantitative estimate of drug-likeness (QED) is 0.650. The molecule has 0 fully saturated rings. The highest BCUT2D eigenvalue weighted by molar-refractivity contribution is 6.46. The fourth-order valence-electron chi connectivity index (χ4n) is 1.93. The zero-order chi connectivity index (χ0) is 11.1. The summed E-state index contributed by atoms with van der Waals surface area (Å²) in [7, 11) is 0.0209. The van der Waals surface area contributed by atoms with E-state index < -0.39 is 0 Å². The number of rotatable bonds is 1. The summed E-state index contributed by atoms with van der Waals surface area (Å²) in [4.78, 5) is 0. The molecule has 0 aliphatic rings. The molecule has 0 bridgehead atoms. The molecule has 3 rings (SSSR count). The third-order valence-corrected chi connectivity index (χ3v) is 3.01. The summed E-state index contributed by atoms with van der Waals surface area (Å²) in [5, 5.41) is 11.6. The molecule has 3 aromatic rings. The van der Waals surface area contributed by atoms with E-state index in [9.17, 15) is 0 Å². The summed E-state index contributed by atoms with van der Waals surface area (Å²) >= 11 is 6.15. The monoisotopic (exact) mass is 230 g/mol. The van der Waals surface area contributed by atoms with Gasteiger partial charge in [0.15, 0.2) is 0 Å². The van der Waals surface area contributed by atoms with Crippen LogP contribution < -0.4 is 5.46 Å². The molecule has 2 nitrogen and oxygen atoms in total. The molecule has 1 aromatic heterocycles. The Hall–Kier alpha value is -1.45. The van der Waals surface area contributed by atoms with Crippen LogP contribution in [0.5, 0.6) is 0 Å². The van der Waals surface area contributed by atoms with Crippen molar-refractivity contribution in [3.05, 3.63) is 41.4 Å². The minimum absolute atomic E-state index is 0.0209. The predicted molar refractivity (Wildman–Crippen MR) is 67.7 cm³/mol. The van der Waals surface area contributed by atoms with Gasteiger partial charge in [-0.1, -0.05) is 35.3 Å². The molecule has 0 spiro atoms. The van der Waals surface area contributed by atoms with E-state index >= 15 is 0 Å². The SMILES string of the molecule is OBc1ccc2oc3cccc(Cl)c3c2c1. The number of halogens is 1. The average Bonchev–Trinajstić information content (AvgIpc) is 2.67. The largest absolute Gasteiger partial charge is 0.456 e. The number of fused-ring (bicyclic) bond motifs is 3. The highest BCUT2D eigenvalue weighted by Gasteiger charge is 2.10. The maximum Gasteiger partial charge on any atom is 0.304 e. The van der Waals surface area contributed by atoms with E-state index in [2.05, 4.69) is 0 Å². The van der Waals surface area contributed by atoms with E-state index in [1.54, 1.807) is 0 Å². The number of furan rings is 1. The van der Waals surface area contributed by atoms with Crippen LogP contribution >= 0.6 is 11.6 Å². The Morgan fingerprint density at radius 3 is 2.81 bits per heavy atom. The maximum atomic E-state index is 9.11. The Balaban J connectivity index is 2.50. The molecule has 1 heterocycles. The first-order chi connectivity index (χ1) is 7.79. The van der Waals surface area contributed by atoms with Crippen LogP contribution in [0.3, 0.4) is 0 Å². The van der Waals surface area contributed by atoms with E-state index in [0.717, 1.165) is 27.4 Å². The van der Waals surface area contributed by atoms with E-state index in [1.807, 2.05) is 36.4 Å². The molecule has 0 amide bonds. The second-order valence-electron chi connectivity index (χ2n) is 3.70. The van der Waals surface area contributed by atoms with Gasteiger partial charge in [-0.3, -0.25) is 0 Å². The van der Waals surface area contributed by atoms with Crippen LogP contribution in [0.1, 0.15) is 0 Å². The Morgan fingerprint density at radius 2 is 2.00 bits per heavy atom. The molecule has 0 unspecified atom stereocenters. The average molecular weight is 230 g/mol. The third kappa shape index (κ3) is 1.33. The second kappa shape index (κ2) is 3.54. The van der Waals surface area contributed by atoms with E-state index in [4.69, 9.17) is 21.0 Å². The Morgan fingerprint density at radius 1 is 1.12 bits per heavy atom. The Labute approximate surface area is 97.7 Å². The number of benzene rings is 2. The second-order valence-corrected chi connectivity index (χ2v) is 4.11. The van der Waals surface area contributed by atoms with Gasteiger partial charge in [0.05, 0.1) is 5.02 Å². The van der Waals surface area contributed by atoms with Gasteiger partial charge in [0.2, 0.25) is 0 Å². The van der Waals surface area contributed by atoms with Crippen molar-refractivity contribution in [3.8, 4) is 0 Å². The lowest BCUT2D eigenvalue weighted by Gasteiger charge is -1.95. The van der Waals surface area contributed by atoms with Crippen molar-refractivity contribution in [1.82, 2.24) is 0 Å². The van der Waals surface area contributed by atoms with Crippen molar-refractivity contribution in [2.75, 3.05) is 0 Å². The van der Waals surface area contributed by atoms with E-state index in [1.165, 1.54) is 0 Å². The van der Waals surface area contributed by atoms with E-state index in [0.29, 0.717) is 5.02 Å². The molecule has 0 saturated heterocycles. The zero-order valence-corrected chi connectivity index (χ0v) is 9.16. The third-order valence-electron chi connectivity index (χ3n) is 2.69. The van der Waals surface area contributed by atoms with Gasteiger partial charge in [0.1, 0.15) is 11.2 Å². The first kappa shape index (κ1) is 9.76. The highest BCUT2D eigenvalue weighted by Crippen LogP contribution is 2.32. The summed E-state index contributed by atoms with van der Waals surface area (Å²) < 4.78 is 5.67. The summed E-state index contributed by atoms with van der Waals surface area (Å²) in [6.07, 6.45) is 0. The smallest absolute Gasteiger partial charge is 0.304 e. The van der Waals surface area contributed by atoms with Crippen molar-refractivity contribution in [2.45, 2.75) is 0 Å². The molecule has 1 N–H and O–H groups in total. The topological polar surface area (TPSA) is 33.4 Å². The first-order valence-electron chi connectivity index (χ1n) is 5.00. The first-order valence-corrected chi connectivity index (χ1v) is 5.38. The van der Waals surface area contributed by atoms with Crippen molar-refractivity contribution >= 4 is 46.5 Å². The van der Waals surface area contributed by atoms with Gasteiger partial charge in [0, 0.05) is 10.8 Å².